The first-order valence-corrected chi connectivity index (χ1v) is 36.8. The van der Waals surface area contributed by atoms with Gasteiger partial charge in [-0.05, 0) is 168 Å². The van der Waals surface area contributed by atoms with E-state index in [0.717, 1.165) is 211 Å². The molecule has 0 saturated heterocycles. The smallest absolute Gasteiger partial charge is 0.347 e. The predicted octanol–water partition coefficient (Wildman–Crippen LogP) is 23.7. The van der Waals surface area contributed by atoms with Gasteiger partial charge in [-0.1, -0.05) is 190 Å². The Bertz CT molecular complexity index is 6600. The molecular formula is C100H62Ir2N10. The maximum Gasteiger partial charge on any atom is 3.00 e. The number of nitrogens with zero attached hydrogens (tertiary/aromatic N) is 10. The molecule has 0 aliphatic carbocycles. The number of fused-ring (bicyclic) bond motifs is 12. The van der Waals surface area contributed by atoms with Gasteiger partial charge in [0.2, 0.25) is 0 Å². The number of pyridine rings is 4. The van der Waals surface area contributed by atoms with Gasteiger partial charge in [-0.3, -0.25) is 32.1 Å². The molecule has 10 nitrogen and oxygen atoms in total. The molecule has 0 atom stereocenters. The van der Waals surface area contributed by atoms with E-state index in [1.807, 2.05) is 33.8 Å². The second-order valence-corrected chi connectivity index (χ2v) is 28.6. The van der Waals surface area contributed by atoms with Gasteiger partial charge in [0.05, 0.1) is 22.6 Å². The fourth-order valence-electron chi connectivity index (χ4n) is 16.4. The normalized spacial score (nSPS) is 11.6. The fraction of sp³-hybridized carbons (Fsp3) is 0.0400. The van der Waals surface area contributed by atoms with Crippen molar-refractivity contribution in [1.29, 1.82) is 0 Å². The third-order valence-electron chi connectivity index (χ3n) is 21.4. The third-order valence-corrected chi connectivity index (χ3v) is 21.4. The van der Waals surface area contributed by atoms with Gasteiger partial charge in [0.15, 0.2) is 0 Å². The molecule has 21 aromatic rings. The molecule has 0 amide bonds. The van der Waals surface area contributed by atoms with Gasteiger partial charge in [0.1, 0.15) is 0 Å². The molecule has 12 aromatic carbocycles. The third kappa shape index (κ3) is 12.1. The van der Waals surface area contributed by atoms with Gasteiger partial charge < -0.3 is 27.6 Å². The average molecular weight is 1790 g/mol. The maximum absolute atomic E-state index is 4.92. The van der Waals surface area contributed by atoms with Crippen LogP contribution in [0, 0.1) is 64.1 Å². The molecule has 0 saturated carbocycles. The van der Waals surface area contributed by atoms with Gasteiger partial charge in [-0.15, -0.1) is 116 Å². The Balaban J connectivity index is 0.00000422. The number of imidazole rings is 4. The first-order valence-electron chi connectivity index (χ1n) is 36.8. The Kier molecular flexibility index (Phi) is 17.3. The quantitative estimate of drug-likeness (QED) is 0.113. The van der Waals surface area contributed by atoms with Crippen LogP contribution in [-0.2, 0) is 40.2 Å². The SMILES string of the molecule is Cc1cn2ccc3cc(-c4ccccc4-c4cc(-c5ccccc5-c5c[c-]c6c(ccn7cc(C)nc67)c5)cc(-c5cccc(-c6cc(-c7ccccc7-c7c[c-]c8c(ccn9cc(C)nc89)c7)cc(-c7ccccc7-c7c[c-]c8c(ccn9cc(C)nc89)c7)c6)c5-c5c[c-]c(-c6ncccn6)[c-]c5)c4)c[c-]c3c2n1.[Ir+3].[Ir+3]. The van der Waals surface area contributed by atoms with Crippen LogP contribution in [0.25, 0.3) is 199 Å². The summed E-state index contributed by atoms with van der Waals surface area (Å²) in [5, 5.41) is 8.14. The van der Waals surface area contributed by atoms with Crippen molar-refractivity contribution in [2.24, 2.45) is 0 Å². The summed E-state index contributed by atoms with van der Waals surface area (Å²) in [5.41, 5.74) is 30.9. The predicted molar refractivity (Wildman–Crippen MR) is 444 cm³/mol. The molecule has 0 radical (unpaired) electrons. The second kappa shape index (κ2) is 28.0. The minimum atomic E-state index is 0. The first kappa shape index (κ1) is 69.3. The van der Waals surface area contributed by atoms with E-state index in [0.29, 0.717) is 11.4 Å². The Morgan fingerprint density at radius 2 is 0.500 bits per heavy atom. The molecule has 0 fully saturated rings. The molecule has 530 valence electrons. The molecule has 0 bridgehead atoms. The maximum atomic E-state index is 4.92. The summed E-state index contributed by atoms with van der Waals surface area (Å²) < 4.78 is 8.33. The van der Waals surface area contributed by atoms with E-state index in [1.165, 1.54) is 0 Å². The van der Waals surface area contributed by atoms with E-state index in [4.69, 9.17) is 19.9 Å². The number of hydrogen-bond acceptors (Lipinski definition) is 6. The van der Waals surface area contributed by atoms with E-state index >= 15 is 0 Å². The van der Waals surface area contributed by atoms with E-state index in [2.05, 4.69) is 350 Å². The zero-order valence-corrected chi connectivity index (χ0v) is 65.8. The molecule has 0 unspecified atom stereocenters. The molecular weight excluding hydrogens is 1730 g/mol. The van der Waals surface area contributed by atoms with Crippen molar-refractivity contribution >= 4 is 65.7 Å². The topological polar surface area (TPSA) is 95.0 Å². The summed E-state index contributed by atoms with van der Waals surface area (Å²) >= 11 is 0. The van der Waals surface area contributed by atoms with Crippen molar-refractivity contribution in [3.8, 4) is 134 Å². The molecule has 112 heavy (non-hydrogen) atoms. The molecule has 0 N–H and O–H groups in total. The fourth-order valence-corrected chi connectivity index (χ4v) is 16.4. The summed E-state index contributed by atoms with van der Waals surface area (Å²) in [4.78, 5) is 29.0. The Morgan fingerprint density at radius 1 is 0.250 bits per heavy atom. The van der Waals surface area contributed by atoms with Crippen LogP contribution in [0.4, 0.5) is 0 Å². The largest absolute Gasteiger partial charge is 3.00 e. The van der Waals surface area contributed by atoms with Gasteiger partial charge in [-0.2, -0.15) is 5.56 Å². The van der Waals surface area contributed by atoms with Gasteiger partial charge >= 0.3 is 40.2 Å². The van der Waals surface area contributed by atoms with Crippen LogP contribution in [0.2, 0.25) is 0 Å². The molecule has 0 spiro atoms. The van der Waals surface area contributed by atoms with Crippen molar-refractivity contribution in [3.63, 3.8) is 0 Å². The van der Waals surface area contributed by atoms with E-state index in [1.54, 1.807) is 12.4 Å². The van der Waals surface area contributed by atoms with Crippen LogP contribution in [-0.4, -0.2) is 47.5 Å². The van der Waals surface area contributed by atoms with Crippen molar-refractivity contribution in [2.75, 3.05) is 0 Å². The summed E-state index contributed by atoms with van der Waals surface area (Å²) in [5.74, 6) is 0.544. The van der Waals surface area contributed by atoms with Crippen molar-refractivity contribution in [2.45, 2.75) is 27.7 Å². The van der Waals surface area contributed by atoms with E-state index in [-0.39, 0.29) is 40.2 Å². The van der Waals surface area contributed by atoms with Gasteiger partial charge in [0, 0.05) is 60.0 Å². The Hall–Kier alpha value is -13.2. The van der Waals surface area contributed by atoms with Gasteiger partial charge in [0.25, 0.3) is 0 Å². The summed E-state index contributed by atoms with van der Waals surface area (Å²) in [6, 6.07) is 110. The molecule has 9 heterocycles. The van der Waals surface area contributed by atoms with Crippen LogP contribution in [0.1, 0.15) is 22.8 Å². The average Bonchev–Trinajstić information content (AvgIpc) is 0.802. The zero-order chi connectivity index (χ0) is 73.2. The minimum absolute atomic E-state index is 0. The number of hydrogen-bond donors (Lipinski definition) is 0. The number of rotatable bonds is 12. The van der Waals surface area contributed by atoms with Crippen LogP contribution in [0.15, 0.2) is 305 Å². The minimum Gasteiger partial charge on any atom is -0.347 e. The number of aryl methyl sites for hydroxylation is 4. The standard InChI is InChI=1S/C100H62N10.2Ir/c1-61-57-107-43-37-71-47-67(29-33-91(71)97(107)103-61)81-15-5-9-19-85(81)75-51-76(86-20-10-6-16-82(86)68-30-34-92-72(48-68)38-44-108-58-62(2)104-98(92)108)54-79(53-75)89-23-13-24-90(95(89)65-25-27-66(28-26-65)96-101-41-14-42-102-96)80-55-77(87-21-11-7-17-83(87)69-31-35-93-73(49-69)39-45-109-59-63(3)105-99(93)109)52-78(56-80)88-22-12-8-18-84(88)70-32-36-94-74(50-70)40-46-110-60-64(4)106-100(94)110;;/h5-26,29-32,37-60H,1-4H3;;/q-6;2*+3. The first-order chi connectivity index (χ1) is 54.1. The zero-order valence-electron chi connectivity index (χ0n) is 61.0. The summed E-state index contributed by atoms with van der Waals surface area (Å²) in [6.45, 7) is 8.13. The van der Waals surface area contributed by atoms with E-state index < -0.39 is 0 Å². The summed E-state index contributed by atoms with van der Waals surface area (Å²) in [6.07, 6.45) is 20.1. The molecule has 0 aliphatic heterocycles. The Labute approximate surface area is 673 Å². The van der Waals surface area contributed by atoms with Crippen LogP contribution in [0.3, 0.4) is 0 Å². The number of aromatic nitrogens is 10. The van der Waals surface area contributed by atoms with E-state index in [9.17, 15) is 0 Å². The molecule has 21 rings (SSSR count). The molecule has 9 aromatic heterocycles. The van der Waals surface area contributed by atoms with Crippen LogP contribution < -0.4 is 0 Å². The number of benzene rings is 12. The monoisotopic (exact) mass is 1790 g/mol. The molecule has 12 heteroatoms. The second-order valence-electron chi connectivity index (χ2n) is 28.6. The van der Waals surface area contributed by atoms with Gasteiger partial charge in [-0.25, -0.2) is 17.7 Å². The van der Waals surface area contributed by atoms with Crippen molar-refractivity contribution < 1.29 is 40.2 Å². The van der Waals surface area contributed by atoms with Crippen molar-refractivity contribution in [3.05, 3.63) is 364 Å². The van der Waals surface area contributed by atoms with Crippen LogP contribution >= 0.6 is 0 Å². The Morgan fingerprint density at radius 3 is 0.786 bits per heavy atom. The van der Waals surface area contributed by atoms with Crippen LogP contribution in [0.5, 0.6) is 0 Å². The summed E-state index contributed by atoms with van der Waals surface area (Å²) in [7, 11) is 0. The molecule has 0 aliphatic rings. The van der Waals surface area contributed by atoms with Crippen molar-refractivity contribution in [1.82, 2.24) is 47.5 Å².